The summed E-state index contributed by atoms with van der Waals surface area (Å²) < 4.78 is 15.4. The van der Waals surface area contributed by atoms with Crippen molar-refractivity contribution >= 4 is 5.91 Å². The monoisotopic (exact) mass is 343 g/mol. The second-order valence-corrected chi connectivity index (χ2v) is 7.34. The first-order valence-corrected chi connectivity index (χ1v) is 9.06. The highest BCUT2D eigenvalue weighted by atomic mass is 19.1. The Morgan fingerprint density at radius 2 is 2.20 bits per heavy atom. The lowest BCUT2D eigenvalue weighted by Gasteiger charge is -2.32. The van der Waals surface area contributed by atoms with Crippen molar-refractivity contribution < 1.29 is 9.18 Å². The van der Waals surface area contributed by atoms with Gasteiger partial charge in [-0.1, -0.05) is 32.4 Å². The Balaban J connectivity index is 1.73. The quantitative estimate of drug-likeness (QED) is 0.766. The van der Waals surface area contributed by atoms with Gasteiger partial charge in [0.25, 0.3) is 0 Å². The van der Waals surface area contributed by atoms with Crippen LogP contribution in [0.15, 0.2) is 36.7 Å². The largest absolute Gasteiger partial charge is 0.335 e. The molecule has 0 unspecified atom stereocenters. The highest BCUT2D eigenvalue weighted by molar-refractivity contribution is 5.79. The summed E-state index contributed by atoms with van der Waals surface area (Å²) in [5.74, 6) is 1.46. The van der Waals surface area contributed by atoms with Crippen molar-refractivity contribution in [3.63, 3.8) is 0 Å². The molecule has 1 aliphatic carbocycles. The molecule has 0 atom stereocenters. The zero-order valence-corrected chi connectivity index (χ0v) is 15.0. The Kier molecular flexibility index (Phi) is 5.51. The Bertz CT molecular complexity index is 721. The van der Waals surface area contributed by atoms with Gasteiger partial charge in [-0.25, -0.2) is 9.37 Å². The van der Waals surface area contributed by atoms with Gasteiger partial charge in [0.2, 0.25) is 5.91 Å². The molecule has 0 aliphatic heterocycles. The zero-order valence-electron chi connectivity index (χ0n) is 15.0. The number of hydrogen-bond donors (Lipinski definition) is 0. The number of halogens is 1. The predicted molar refractivity (Wildman–Crippen MR) is 95.3 cm³/mol. The standard InChI is InChI=1S/C20H26FN3O/c1-15(2)12-24(20(25)17-6-4-7-17)14-19-22-9-10-23(19)13-16-5-3-8-18(21)11-16/h3,5,8-11,15,17H,4,6-7,12-14H2,1-2H3. The molecule has 0 saturated heterocycles. The second-order valence-electron chi connectivity index (χ2n) is 7.34. The van der Waals surface area contributed by atoms with Crippen LogP contribution in [0.4, 0.5) is 4.39 Å². The molecule has 4 nitrogen and oxygen atoms in total. The van der Waals surface area contributed by atoms with Gasteiger partial charge in [0.05, 0.1) is 6.54 Å². The molecule has 1 aromatic carbocycles. The van der Waals surface area contributed by atoms with Crippen LogP contribution in [-0.2, 0) is 17.9 Å². The lowest BCUT2D eigenvalue weighted by molar-refractivity contribution is -0.139. The summed E-state index contributed by atoms with van der Waals surface area (Å²) in [7, 11) is 0. The third-order valence-electron chi connectivity index (χ3n) is 4.73. The van der Waals surface area contributed by atoms with Crippen LogP contribution in [0.1, 0.15) is 44.5 Å². The molecular weight excluding hydrogens is 317 g/mol. The number of amides is 1. The number of carbonyl (C=O) groups is 1. The van der Waals surface area contributed by atoms with Crippen molar-refractivity contribution in [1.29, 1.82) is 0 Å². The molecule has 2 aromatic rings. The van der Waals surface area contributed by atoms with Crippen molar-refractivity contribution in [2.24, 2.45) is 11.8 Å². The minimum Gasteiger partial charge on any atom is -0.335 e. The molecule has 0 radical (unpaired) electrons. The molecule has 0 N–H and O–H groups in total. The van der Waals surface area contributed by atoms with Crippen LogP contribution < -0.4 is 0 Å². The van der Waals surface area contributed by atoms with E-state index in [1.54, 1.807) is 12.3 Å². The fraction of sp³-hybridized carbons (Fsp3) is 0.500. The third kappa shape index (κ3) is 4.47. The molecular formula is C20H26FN3O. The van der Waals surface area contributed by atoms with E-state index in [-0.39, 0.29) is 17.6 Å². The zero-order chi connectivity index (χ0) is 17.8. The highest BCUT2D eigenvalue weighted by Crippen LogP contribution is 2.29. The predicted octanol–water partition coefficient (Wildman–Crippen LogP) is 3.86. The van der Waals surface area contributed by atoms with Crippen molar-refractivity contribution in [2.75, 3.05) is 6.54 Å². The first-order valence-electron chi connectivity index (χ1n) is 9.06. The maximum atomic E-state index is 13.4. The Hall–Kier alpha value is -2.17. The van der Waals surface area contributed by atoms with Crippen molar-refractivity contribution in [3.05, 3.63) is 53.9 Å². The number of benzene rings is 1. The second kappa shape index (κ2) is 7.81. The summed E-state index contributed by atoms with van der Waals surface area (Å²) in [4.78, 5) is 19.1. The van der Waals surface area contributed by atoms with Gasteiger partial charge < -0.3 is 9.47 Å². The van der Waals surface area contributed by atoms with Gasteiger partial charge in [0.15, 0.2) is 0 Å². The number of nitrogens with zero attached hydrogens (tertiary/aromatic N) is 3. The summed E-state index contributed by atoms with van der Waals surface area (Å²) >= 11 is 0. The molecule has 5 heteroatoms. The van der Waals surface area contributed by atoms with Crippen LogP contribution in [0.3, 0.4) is 0 Å². The van der Waals surface area contributed by atoms with Gasteiger partial charge in [0.1, 0.15) is 11.6 Å². The number of carbonyl (C=O) groups excluding carboxylic acids is 1. The number of imidazole rings is 1. The van der Waals surface area contributed by atoms with Crippen LogP contribution in [-0.4, -0.2) is 26.9 Å². The van der Waals surface area contributed by atoms with E-state index in [9.17, 15) is 9.18 Å². The van der Waals surface area contributed by atoms with E-state index < -0.39 is 0 Å². The van der Waals surface area contributed by atoms with E-state index in [1.165, 1.54) is 12.1 Å². The highest BCUT2D eigenvalue weighted by Gasteiger charge is 2.30. The molecule has 1 aliphatic rings. The average Bonchev–Trinajstić information content (AvgIpc) is 2.91. The van der Waals surface area contributed by atoms with Crippen LogP contribution >= 0.6 is 0 Å². The minimum atomic E-state index is -0.235. The van der Waals surface area contributed by atoms with E-state index in [0.717, 1.165) is 37.2 Å². The van der Waals surface area contributed by atoms with Gasteiger partial charge in [-0.05, 0) is 36.5 Å². The smallest absolute Gasteiger partial charge is 0.226 e. The van der Waals surface area contributed by atoms with Gasteiger partial charge in [0, 0.05) is 31.4 Å². The fourth-order valence-corrected chi connectivity index (χ4v) is 3.22. The maximum Gasteiger partial charge on any atom is 0.226 e. The van der Waals surface area contributed by atoms with Crippen LogP contribution in [0.5, 0.6) is 0 Å². The summed E-state index contributed by atoms with van der Waals surface area (Å²) in [6.45, 7) is 6.05. The number of rotatable bonds is 7. The van der Waals surface area contributed by atoms with Crippen molar-refractivity contribution in [1.82, 2.24) is 14.5 Å². The Morgan fingerprint density at radius 1 is 1.40 bits per heavy atom. The molecule has 25 heavy (non-hydrogen) atoms. The molecule has 1 fully saturated rings. The van der Waals surface area contributed by atoms with Gasteiger partial charge >= 0.3 is 0 Å². The molecule has 1 heterocycles. The van der Waals surface area contributed by atoms with Gasteiger partial charge in [-0.15, -0.1) is 0 Å². The lowest BCUT2D eigenvalue weighted by atomic mass is 9.84. The molecule has 0 spiro atoms. The molecule has 3 rings (SSSR count). The van der Waals surface area contributed by atoms with E-state index in [4.69, 9.17) is 0 Å². The molecule has 134 valence electrons. The lowest BCUT2D eigenvalue weighted by Crippen LogP contribution is -2.41. The van der Waals surface area contributed by atoms with Crippen LogP contribution in [0.25, 0.3) is 0 Å². The van der Waals surface area contributed by atoms with Gasteiger partial charge in [-0.2, -0.15) is 0 Å². The molecule has 1 saturated carbocycles. The molecule has 1 aromatic heterocycles. The summed E-state index contributed by atoms with van der Waals surface area (Å²) in [6, 6.07) is 6.60. The maximum absolute atomic E-state index is 13.4. The first kappa shape index (κ1) is 17.6. The Morgan fingerprint density at radius 3 is 2.84 bits per heavy atom. The van der Waals surface area contributed by atoms with Gasteiger partial charge in [-0.3, -0.25) is 4.79 Å². The number of aromatic nitrogens is 2. The first-order chi connectivity index (χ1) is 12.0. The third-order valence-corrected chi connectivity index (χ3v) is 4.73. The van der Waals surface area contributed by atoms with E-state index >= 15 is 0 Å². The SMILES string of the molecule is CC(C)CN(Cc1nccn1Cc1cccc(F)c1)C(=O)C1CCC1. The van der Waals surface area contributed by atoms with E-state index in [2.05, 4.69) is 18.8 Å². The topological polar surface area (TPSA) is 38.1 Å². The summed E-state index contributed by atoms with van der Waals surface area (Å²) in [6.07, 6.45) is 6.80. The average molecular weight is 343 g/mol. The van der Waals surface area contributed by atoms with E-state index in [0.29, 0.717) is 19.0 Å². The van der Waals surface area contributed by atoms with Crippen molar-refractivity contribution in [2.45, 2.75) is 46.2 Å². The van der Waals surface area contributed by atoms with Crippen LogP contribution in [0, 0.1) is 17.7 Å². The fourth-order valence-electron chi connectivity index (χ4n) is 3.22. The number of hydrogen-bond acceptors (Lipinski definition) is 2. The molecule has 0 bridgehead atoms. The van der Waals surface area contributed by atoms with Crippen molar-refractivity contribution in [3.8, 4) is 0 Å². The summed E-state index contributed by atoms with van der Waals surface area (Å²) in [5, 5.41) is 0. The summed E-state index contributed by atoms with van der Waals surface area (Å²) in [5.41, 5.74) is 0.889. The molecule has 1 amide bonds. The van der Waals surface area contributed by atoms with E-state index in [1.807, 2.05) is 21.7 Å². The normalized spacial score (nSPS) is 14.6. The van der Waals surface area contributed by atoms with Crippen LogP contribution in [0.2, 0.25) is 0 Å². The minimum absolute atomic E-state index is 0.186. The Labute approximate surface area is 148 Å².